The lowest BCUT2D eigenvalue weighted by atomic mass is 9.79. The fourth-order valence-corrected chi connectivity index (χ4v) is 4.96. The maximum absolute atomic E-state index is 3.62. The number of thiophene rings is 1. The van der Waals surface area contributed by atoms with Crippen molar-refractivity contribution in [3.05, 3.63) is 20.8 Å². The van der Waals surface area contributed by atoms with Gasteiger partial charge in [0.15, 0.2) is 0 Å². The molecule has 1 saturated carbocycles. The normalized spacial score (nSPS) is 24.5. The molecule has 0 bridgehead atoms. The van der Waals surface area contributed by atoms with Crippen molar-refractivity contribution in [3.8, 4) is 0 Å². The molecular weight excluding hydrogens is 308 g/mol. The molecule has 2 nitrogen and oxygen atoms in total. The van der Waals surface area contributed by atoms with Crippen LogP contribution in [0.1, 0.15) is 37.0 Å². The third-order valence-electron chi connectivity index (χ3n) is 4.44. The van der Waals surface area contributed by atoms with E-state index < -0.39 is 0 Å². The maximum Gasteiger partial charge on any atom is 0.0701 e. The zero-order valence-corrected chi connectivity index (χ0v) is 13.2. The van der Waals surface area contributed by atoms with Crippen LogP contribution in [0.5, 0.6) is 0 Å². The largest absolute Gasteiger partial charge is 0.314 e. The predicted octanol–water partition coefficient (Wildman–Crippen LogP) is 3.62. The van der Waals surface area contributed by atoms with Gasteiger partial charge in [-0.3, -0.25) is 4.90 Å². The van der Waals surface area contributed by atoms with Gasteiger partial charge in [-0.2, -0.15) is 0 Å². The lowest BCUT2D eigenvalue weighted by Crippen LogP contribution is -2.61. The zero-order chi connectivity index (χ0) is 12.4. The summed E-state index contributed by atoms with van der Waals surface area (Å²) in [6.45, 7) is 4.68. The van der Waals surface area contributed by atoms with Gasteiger partial charge in [-0.15, -0.1) is 11.3 Å². The number of nitrogens with zero attached hydrogens (tertiary/aromatic N) is 1. The molecule has 2 aliphatic rings. The average Bonchev–Trinajstić information content (AvgIpc) is 2.79. The molecule has 0 radical (unpaired) electrons. The summed E-state index contributed by atoms with van der Waals surface area (Å²) < 4.78 is 1.25. The van der Waals surface area contributed by atoms with Crippen LogP contribution in [0.15, 0.2) is 15.9 Å². The molecule has 1 aliphatic carbocycles. The van der Waals surface area contributed by atoms with Crippen LogP contribution >= 0.6 is 27.3 Å². The van der Waals surface area contributed by atoms with Crippen molar-refractivity contribution < 1.29 is 0 Å². The van der Waals surface area contributed by atoms with Crippen LogP contribution in [0.2, 0.25) is 0 Å². The lowest BCUT2D eigenvalue weighted by molar-refractivity contribution is 0.0217. The van der Waals surface area contributed by atoms with Crippen molar-refractivity contribution in [3.63, 3.8) is 0 Å². The van der Waals surface area contributed by atoms with E-state index in [1.54, 1.807) is 0 Å². The number of piperazine rings is 1. The van der Waals surface area contributed by atoms with Crippen LogP contribution in [0.25, 0.3) is 0 Å². The molecule has 0 atom stereocenters. The second-order valence-corrected chi connectivity index (χ2v) is 8.14. The SMILES string of the molecule is Brc1ccc(CN2CCNCC23CCCCC3)s1. The maximum atomic E-state index is 3.62. The standard InChI is InChI=1S/C14H21BrN2S/c15-13-5-4-12(18-13)10-17-9-8-16-11-14(17)6-2-1-3-7-14/h4-5,16H,1-3,6-11H2. The van der Waals surface area contributed by atoms with E-state index in [0.29, 0.717) is 5.54 Å². The monoisotopic (exact) mass is 328 g/mol. The molecular formula is C14H21BrN2S. The molecule has 1 spiro atoms. The van der Waals surface area contributed by atoms with E-state index in [0.717, 1.165) is 13.1 Å². The molecule has 1 aliphatic heterocycles. The molecule has 18 heavy (non-hydrogen) atoms. The minimum atomic E-state index is 0.451. The lowest BCUT2D eigenvalue weighted by Gasteiger charge is -2.49. The van der Waals surface area contributed by atoms with E-state index in [9.17, 15) is 0 Å². The highest BCUT2D eigenvalue weighted by molar-refractivity contribution is 9.11. The van der Waals surface area contributed by atoms with Crippen molar-refractivity contribution in [1.29, 1.82) is 0 Å². The smallest absolute Gasteiger partial charge is 0.0701 e. The molecule has 2 heterocycles. The van der Waals surface area contributed by atoms with Crippen molar-refractivity contribution >= 4 is 27.3 Å². The van der Waals surface area contributed by atoms with Crippen LogP contribution in [-0.2, 0) is 6.54 Å². The molecule has 1 aromatic heterocycles. The summed E-state index contributed by atoms with van der Waals surface area (Å²) in [5.74, 6) is 0. The van der Waals surface area contributed by atoms with Crippen LogP contribution in [-0.4, -0.2) is 30.1 Å². The summed E-state index contributed by atoms with van der Waals surface area (Å²) in [6.07, 6.45) is 7.01. The number of hydrogen-bond donors (Lipinski definition) is 1. The Labute approximate surface area is 122 Å². The fraction of sp³-hybridized carbons (Fsp3) is 0.714. The van der Waals surface area contributed by atoms with E-state index in [4.69, 9.17) is 0 Å². The highest BCUT2D eigenvalue weighted by Gasteiger charge is 2.39. The van der Waals surface area contributed by atoms with Crippen molar-refractivity contribution in [2.75, 3.05) is 19.6 Å². The molecule has 1 N–H and O–H groups in total. The number of halogens is 1. The minimum Gasteiger partial charge on any atom is -0.314 e. The second kappa shape index (κ2) is 5.61. The van der Waals surface area contributed by atoms with Crippen LogP contribution in [0.3, 0.4) is 0 Å². The first-order valence-corrected chi connectivity index (χ1v) is 8.59. The van der Waals surface area contributed by atoms with Gasteiger partial charge in [-0.05, 0) is 40.9 Å². The number of nitrogens with one attached hydrogen (secondary N) is 1. The van der Waals surface area contributed by atoms with Gasteiger partial charge in [0.25, 0.3) is 0 Å². The molecule has 0 amide bonds. The first-order valence-electron chi connectivity index (χ1n) is 6.99. The molecule has 2 fully saturated rings. The van der Waals surface area contributed by atoms with Gasteiger partial charge in [-0.1, -0.05) is 19.3 Å². The Balaban J connectivity index is 1.75. The summed E-state index contributed by atoms with van der Waals surface area (Å²) in [5.41, 5.74) is 0.451. The molecule has 1 saturated heterocycles. The summed E-state index contributed by atoms with van der Waals surface area (Å²) in [6, 6.07) is 4.45. The van der Waals surface area contributed by atoms with Gasteiger partial charge in [0.1, 0.15) is 0 Å². The number of hydrogen-bond acceptors (Lipinski definition) is 3. The third kappa shape index (κ3) is 2.67. The Hall–Kier alpha value is 0.1000. The summed E-state index contributed by atoms with van der Waals surface area (Å²) in [5, 5.41) is 3.62. The molecule has 4 heteroatoms. The van der Waals surface area contributed by atoms with Gasteiger partial charge >= 0.3 is 0 Å². The first-order chi connectivity index (χ1) is 8.78. The summed E-state index contributed by atoms with van der Waals surface area (Å²) in [7, 11) is 0. The van der Waals surface area contributed by atoms with Crippen LogP contribution in [0.4, 0.5) is 0 Å². The van der Waals surface area contributed by atoms with E-state index in [1.807, 2.05) is 11.3 Å². The van der Waals surface area contributed by atoms with Crippen LogP contribution in [0, 0.1) is 0 Å². The predicted molar refractivity (Wildman–Crippen MR) is 81.1 cm³/mol. The van der Waals surface area contributed by atoms with Crippen molar-refractivity contribution in [1.82, 2.24) is 10.2 Å². The average molecular weight is 329 g/mol. The van der Waals surface area contributed by atoms with Gasteiger partial charge in [-0.25, -0.2) is 0 Å². The van der Waals surface area contributed by atoms with Crippen molar-refractivity contribution in [2.45, 2.75) is 44.2 Å². The number of rotatable bonds is 2. The Morgan fingerprint density at radius 2 is 2.11 bits per heavy atom. The van der Waals surface area contributed by atoms with E-state index in [1.165, 1.54) is 53.9 Å². The van der Waals surface area contributed by atoms with Gasteiger partial charge in [0, 0.05) is 36.6 Å². The molecule has 0 aromatic carbocycles. The molecule has 0 unspecified atom stereocenters. The summed E-state index contributed by atoms with van der Waals surface area (Å²) >= 11 is 5.46. The summed E-state index contributed by atoms with van der Waals surface area (Å²) in [4.78, 5) is 4.25. The minimum absolute atomic E-state index is 0.451. The Morgan fingerprint density at radius 1 is 1.28 bits per heavy atom. The Morgan fingerprint density at radius 3 is 2.83 bits per heavy atom. The highest BCUT2D eigenvalue weighted by atomic mass is 79.9. The van der Waals surface area contributed by atoms with E-state index in [2.05, 4.69) is 38.3 Å². The van der Waals surface area contributed by atoms with E-state index in [-0.39, 0.29) is 0 Å². The molecule has 3 rings (SSSR count). The third-order valence-corrected chi connectivity index (χ3v) is 6.05. The molecule has 100 valence electrons. The van der Waals surface area contributed by atoms with Crippen LogP contribution < -0.4 is 5.32 Å². The van der Waals surface area contributed by atoms with Gasteiger partial charge in [0.05, 0.1) is 3.79 Å². The Bertz CT molecular complexity index is 390. The second-order valence-electron chi connectivity index (χ2n) is 5.59. The van der Waals surface area contributed by atoms with Crippen molar-refractivity contribution in [2.24, 2.45) is 0 Å². The zero-order valence-electron chi connectivity index (χ0n) is 10.8. The van der Waals surface area contributed by atoms with E-state index >= 15 is 0 Å². The first kappa shape index (κ1) is 13.1. The fourth-order valence-electron chi connectivity index (χ4n) is 3.46. The Kier molecular flexibility index (Phi) is 4.09. The highest BCUT2D eigenvalue weighted by Crippen LogP contribution is 2.36. The van der Waals surface area contributed by atoms with Gasteiger partial charge < -0.3 is 5.32 Å². The van der Waals surface area contributed by atoms with Gasteiger partial charge in [0.2, 0.25) is 0 Å². The quantitative estimate of drug-likeness (QED) is 0.891. The molecule has 1 aromatic rings. The topological polar surface area (TPSA) is 15.3 Å².